The molecule has 3 aromatic rings. The maximum atomic E-state index is 13.1. The number of para-hydroxylation sites is 1. The van der Waals surface area contributed by atoms with Gasteiger partial charge in [0.25, 0.3) is 5.56 Å². The molecule has 166 valence electrons. The third-order valence-corrected chi connectivity index (χ3v) is 7.31. The Balaban J connectivity index is 1.68. The van der Waals surface area contributed by atoms with Gasteiger partial charge in [-0.15, -0.1) is 11.3 Å². The van der Waals surface area contributed by atoms with E-state index in [0.29, 0.717) is 30.1 Å². The fourth-order valence-corrected chi connectivity index (χ4v) is 5.29. The Morgan fingerprint density at radius 2 is 2.06 bits per heavy atom. The first-order valence-electron chi connectivity index (χ1n) is 10.5. The van der Waals surface area contributed by atoms with Crippen molar-refractivity contribution in [3.05, 3.63) is 50.6 Å². The Labute approximate surface area is 191 Å². The molecule has 0 unspecified atom stereocenters. The van der Waals surface area contributed by atoms with Gasteiger partial charge in [0.05, 0.1) is 18.2 Å². The van der Waals surface area contributed by atoms with Gasteiger partial charge in [0.1, 0.15) is 10.6 Å². The van der Waals surface area contributed by atoms with Crippen molar-refractivity contribution in [3.63, 3.8) is 0 Å². The molecular formula is C23H29N3O3S2. The minimum Gasteiger partial charge on any atom is -0.496 e. The average Bonchev–Trinajstić information content (AvgIpc) is 3.05. The van der Waals surface area contributed by atoms with E-state index in [9.17, 15) is 9.59 Å². The van der Waals surface area contributed by atoms with Crippen molar-refractivity contribution in [3.8, 4) is 5.75 Å². The number of nitrogens with one attached hydrogen (secondary N) is 1. The van der Waals surface area contributed by atoms with Crippen LogP contribution in [-0.2, 0) is 17.8 Å². The third-order valence-electron chi connectivity index (χ3n) is 5.23. The minimum absolute atomic E-state index is 0.000573. The van der Waals surface area contributed by atoms with Crippen LogP contribution in [-0.4, -0.2) is 34.9 Å². The number of unbranched alkanes of at least 4 members (excludes halogenated alkanes) is 1. The van der Waals surface area contributed by atoms with Crippen LogP contribution in [0, 0.1) is 13.8 Å². The first kappa shape index (κ1) is 23.3. The number of aryl methyl sites for hydroxylation is 2. The molecule has 1 amide bonds. The van der Waals surface area contributed by atoms with Crippen LogP contribution in [0.3, 0.4) is 0 Å². The maximum Gasteiger partial charge on any atom is 0.263 e. The van der Waals surface area contributed by atoms with Crippen LogP contribution in [0.25, 0.3) is 10.2 Å². The highest BCUT2D eigenvalue weighted by atomic mass is 32.2. The molecule has 0 aliphatic rings. The van der Waals surface area contributed by atoms with E-state index in [2.05, 4.69) is 12.2 Å². The zero-order valence-electron chi connectivity index (χ0n) is 18.5. The van der Waals surface area contributed by atoms with Crippen LogP contribution >= 0.6 is 23.1 Å². The number of hydrogen-bond donors (Lipinski definition) is 1. The summed E-state index contributed by atoms with van der Waals surface area (Å²) in [5, 5.41) is 4.28. The van der Waals surface area contributed by atoms with Gasteiger partial charge in [-0.2, -0.15) is 0 Å². The molecule has 8 heteroatoms. The lowest BCUT2D eigenvalue weighted by Crippen LogP contribution is -2.28. The van der Waals surface area contributed by atoms with Crippen LogP contribution in [0.15, 0.2) is 34.2 Å². The largest absolute Gasteiger partial charge is 0.496 e. The quantitative estimate of drug-likeness (QED) is 0.361. The Morgan fingerprint density at radius 1 is 1.29 bits per heavy atom. The number of carbonyl (C=O) groups excluding carboxylic acids is 1. The molecule has 2 aromatic heterocycles. The zero-order chi connectivity index (χ0) is 22.4. The van der Waals surface area contributed by atoms with Gasteiger partial charge in [-0.05, 0) is 43.9 Å². The Kier molecular flexibility index (Phi) is 8.15. The number of ether oxygens (including phenoxy) is 1. The summed E-state index contributed by atoms with van der Waals surface area (Å²) in [6.45, 7) is 7.23. The highest BCUT2D eigenvalue weighted by molar-refractivity contribution is 7.99. The molecule has 1 N–H and O–H groups in total. The smallest absolute Gasteiger partial charge is 0.263 e. The Bertz CT molecular complexity index is 1120. The van der Waals surface area contributed by atoms with Crippen LogP contribution in [0.2, 0.25) is 0 Å². The summed E-state index contributed by atoms with van der Waals surface area (Å²) < 4.78 is 7.09. The molecule has 3 rings (SSSR count). The van der Waals surface area contributed by atoms with Crippen molar-refractivity contribution in [1.29, 1.82) is 0 Å². The number of methoxy groups -OCH3 is 1. The number of nitrogens with zero attached hydrogens (tertiary/aromatic N) is 2. The molecule has 0 radical (unpaired) electrons. The first-order valence-corrected chi connectivity index (χ1v) is 12.3. The summed E-state index contributed by atoms with van der Waals surface area (Å²) in [5.41, 5.74) is 2.06. The van der Waals surface area contributed by atoms with E-state index < -0.39 is 0 Å². The summed E-state index contributed by atoms with van der Waals surface area (Å²) in [6, 6.07) is 7.80. The molecule has 6 nitrogen and oxygen atoms in total. The van der Waals surface area contributed by atoms with E-state index in [-0.39, 0.29) is 17.2 Å². The highest BCUT2D eigenvalue weighted by Gasteiger charge is 2.17. The average molecular weight is 460 g/mol. The van der Waals surface area contributed by atoms with Crippen molar-refractivity contribution in [2.75, 3.05) is 19.4 Å². The van der Waals surface area contributed by atoms with Gasteiger partial charge in [-0.25, -0.2) is 4.98 Å². The molecule has 31 heavy (non-hydrogen) atoms. The second-order valence-corrected chi connectivity index (χ2v) is 9.51. The monoisotopic (exact) mass is 459 g/mol. The maximum absolute atomic E-state index is 13.1. The van der Waals surface area contributed by atoms with Crippen LogP contribution in [0.4, 0.5) is 0 Å². The van der Waals surface area contributed by atoms with Gasteiger partial charge in [0.2, 0.25) is 5.91 Å². The zero-order valence-corrected chi connectivity index (χ0v) is 20.1. The van der Waals surface area contributed by atoms with Crippen LogP contribution < -0.4 is 15.6 Å². The van der Waals surface area contributed by atoms with E-state index in [1.54, 1.807) is 11.7 Å². The molecule has 0 bridgehead atoms. The van der Waals surface area contributed by atoms with Gasteiger partial charge in [0, 0.05) is 18.0 Å². The molecule has 0 saturated heterocycles. The number of fused-ring (bicyclic) bond motifs is 1. The molecule has 0 aliphatic heterocycles. The Morgan fingerprint density at radius 3 is 2.81 bits per heavy atom. The molecule has 0 saturated carbocycles. The van der Waals surface area contributed by atoms with E-state index in [1.165, 1.54) is 23.1 Å². The summed E-state index contributed by atoms with van der Waals surface area (Å²) in [6.07, 6.45) is 2.58. The summed E-state index contributed by atoms with van der Waals surface area (Å²) in [4.78, 5) is 32.2. The van der Waals surface area contributed by atoms with E-state index >= 15 is 0 Å². The number of carbonyl (C=O) groups is 1. The normalized spacial score (nSPS) is 11.1. The number of hydrogen-bond acceptors (Lipinski definition) is 6. The van der Waals surface area contributed by atoms with E-state index in [4.69, 9.17) is 9.72 Å². The number of aromatic nitrogens is 2. The molecule has 2 heterocycles. The number of amides is 1. The van der Waals surface area contributed by atoms with Crippen LogP contribution in [0.5, 0.6) is 5.75 Å². The summed E-state index contributed by atoms with van der Waals surface area (Å²) >= 11 is 2.86. The van der Waals surface area contributed by atoms with E-state index in [0.717, 1.165) is 39.4 Å². The van der Waals surface area contributed by atoms with Gasteiger partial charge in [-0.1, -0.05) is 43.3 Å². The lowest BCUT2D eigenvalue weighted by molar-refractivity contribution is -0.118. The summed E-state index contributed by atoms with van der Waals surface area (Å²) in [5.74, 6) is 0.971. The molecule has 0 atom stereocenters. The van der Waals surface area contributed by atoms with Crippen molar-refractivity contribution < 1.29 is 9.53 Å². The number of thioether (sulfide) groups is 1. The lowest BCUT2D eigenvalue weighted by atomic mass is 10.1. The summed E-state index contributed by atoms with van der Waals surface area (Å²) in [7, 11) is 1.65. The van der Waals surface area contributed by atoms with Crippen molar-refractivity contribution in [1.82, 2.24) is 14.9 Å². The molecule has 0 spiro atoms. The minimum atomic E-state index is -0.0742. The Hall–Kier alpha value is -2.32. The number of rotatable bonds is 10. The third kappa shape index (κ3) is 5.49. The van der Waals surface area contributed by atoms with Gasteiger partial charge in [0.15, 0.2) is 5.16 Å². The molecule has 0 aliphatic carbocycles. The predicted octanol–water partition coefficient (Wildman–Crippen LogP) is 4.33. The molecule has 0 fully saturated rings. The first-order chi connectivity index (χ1) is 15.0. The highest BCUT2D eigenvalue weighted by Crippen LogP contribution is 2.28. The van der Waals surface area contributed by atoms with Gasteiger partial charge in [-0.3, -0.25) is 14.2 Å². The number of benzene rings is 1. The fraction of sp³-hybridized carbons (Fsp3) is 0.435. The van der Waals surface area contributed by atoms with Crippen molar-refractivity contribution in [2.45, 2.75) is 51.7 Å². The van der Waals surface area contributed by atoms with Crippen molar-refractivity contribution in [2.24, 2.45) is 0 Å². The fourth-order valence-electron chi connectivity index (χ4n) is 3.36. The standard InChI is InChI=1S/C23H29N3O3S2/c1-5-6-13-26-22(28)20-15(2)16(3)31-21(20)25-23(26)30-14-19(27)24-12-11-17-9-7-8-10-18(17)29-4/h7-10H,5-6,11-14H2,1-4H3,(H,24,27). The topological polar surface area (TPSA) is 73.2 Å². The van der Waals surface area contributed by atoms with E-state index in [1.807, 2.05) is 38.1 Å². The van der Waals surface area contributed by atoms with Crippen molar-refractivity contribution >= 4 is 39.2 Å². The van der Waals surface area contributed by atoms with Crippen LogP contribution in [0.1, 0.15) is 35.8 Å². The molecule has 1 aromatic carbocycles. The number of thiophene rings is 1. The lowest BCUT2D eigenvalue weighted by Gasteiger charge is -2.12. The second kappa shape index (κ2) is 10.8. The molecular weight excluding hydrogens is 430 g/mol. The SMILES string of the molecule is CCCCn1c(SCC(=O)NCCc2ccccc2OC)nc2sc(C)c(C)c2c1=O. The van der Waals surface area contributed by atoms with Gasteiger partial charge < -0.3 is 10.1 Å². The van der Waals surface area contributed by atoms with Gasteiger partial charge >= 0.3 is 0 Å². The second-order valence-electron chi connectivity index (χ2n) is 7.37. The predicted molar refractivity (Wildman–Crippen MR) is 129 cm³/mol.